The number of carbonyl (C=O) groups excluding carboxylic acids is 1. The van der Waals surface area contributed by atoms with Crippen molar-refractivity contribution in [1.29, 1.82) is 0 Å². The third kappa shape index (κ3) is 3.80. The van der Waals surface area contributed by atoms with Crippen molar-refractivity contribution in [3.8, 4) is 0 Å². The highest BCUT2D eigenvalue weighted by atomic mass is 35.5. The van der Waals surface area contributed by atoms with Gasteiger partial charge >= 0.3 is 5.97 Å². The maximum Gasteiger partial charge on any atom is 0.339 e. The Balaban J connectivity index is 2.89. The first-order valence-corrected chi connectivity index (χ1v) is 5.64. The van der Waals surface area contributed by atoms with Gasteiger partial charge in [-0.25, -0.2) is 4.79 Å². The second kappa shape index (κ2) is 5.85. The number of rotatable bonds is 5. The van der Waals surface area contributed by atoms with Crippen molar-refractivity contribution in [2.75, 3.05) is 19.0 Å². The molecule has 0 bridgehead atoms. The number of methoxy groups -OCH3 is 1. The molecule has 8 heteroatoms. The lowest BCUT2D eigenvalue weighted by Gasteiger charge is -2.21. The Morgan fingerprint density at radius 1 is 1.63 bits per heavy atom. The Bertz CT molecular complexity index is 504. The molecule has 1 atom stereocenters. The fraction of sp³-hybridized carbons (Fsp3) is 0.364. The average Bonchev–Trinajstić information content (AvgIpc) is 2.36. The quantitative estimate of drug-likeness (QED) is 0.484. The first-order valence-electron chi connectivity index (χ1n) is 5.26. The molecule has 19 heavy (non-hydrogen) atoms. The smallest absolute Gasteiger partial charge is 0.339 e. The van der Waals surface area contributed by atoms with Crippen molar-refractivity contribution in [2.24, 2.45) is 0 Å². The highest BCUT2D eigenvalue weighted by Gasteiger charge is 2.31. The third-order valence-corrected chi connectivity index (χ3v) is 2.64. The Hall–Kier alpha value is -1.86. The molecule has 0 radical (unpaired) electrons. The molecule has 0 aliphatic rings. The van der Waals surface area contributed by atoms with Crippen LogP contribution in [0.2, 0.25) is 5.02 Å². The zero-order valence-corrected chi connectivity index (χ0v) is 11.1. The van der Waals surface area contributed by atoms with E-state index in [1.54, 1.807) is 0 Å². The number of nitro benzene ring substituents is 1. The second-order valence-corrected chi connectivity index (χ2v) is 4.47. The van der Waals surface area contributed by atoms with E-state index in [-0.39, 0.29) is 22.9 Å². The van der Waals surface area contributed by atoms with E-state index >= 15 is 0 Å². The van der Waals surface area contributed by atoms with Gasteiger partial charge < -0.3 is 15.2 Å². The van der Waals surface area contributed by atoms with Gasteiger partial charge in [-0.05, 0) is 19.1 Å². The predicted molar refractivity (Wildman–Crippen MR) is 69.2 cm³/mol. The van der Waals surface area contributed by atoms with Crippen molar-refractivity contribution >= 4 is 28.9 Å². The van der Waals surface area contributed by atoms with E-state index in [0.29, 0.717) is 0 Å². The number of nitrogens with zero attached hydrogens (tertiary/aromatic N) is 1. The molecule has 0 aliphatic carbocycles. The van der Waals surface area contributed by atoms with Crippen LogP contribution in [0.4, 0.5) is 11.4 Å². The van der Waals surface area contributed by atoms with E-state index in [4.69, 9.17) is 11.6 Å². The van der Waals surface area contributed by atoms with Crippen molar-refractivity contribution < 1.29 is 19.6 Å². The van der Waals surface area contributed by atoms with E-state index in [1.165, 1.54) is 25.1 Å². The van der Waals surface area contributed by atoms with Crippen LogP contribution in [0, 0.1) is 10.1 Å². The summed E-state index contributed by atoms with van der Waals surface area (Å²) in [5.41, 5.74) is -1.88. The summed E-state index contributed by atoms with van der Waals surface area (Å²) in [6.45, 7) is 1.01. The van der Waals surface area contributed by atoms with Gasteiger partial charge in [-0.3, -0.25) is 10.1 Å². The maximum atomic E-state index is 11.3. The van der Waals surface area contributed by atoms with Crippen molar-refractivity contribution in [2.45, 2.75) is 12.5 Å². The number of hydrogen-bond donors (Lipinski definition) is 2. The molecule has 0 fully saturated rings. The number of nitrogens with one attached hydrogen (secondary N) is 1. The number of halogens is 1. The minimum Gasteiger partial charge on any atom is -0.467 e. The molecule has 0 aromatic heterocycles. The van der Waals surface area contributed by atoms with Gasteiger partial charge in [0, 0.05) is 11.1 Å². The Morgan fingerprint density at radius 2 is 2.26 bits per heavy atom. The van der Waals surface area contributed by atoms with Crippen LogP contribution in [0.1, 0.15) is 6.92 Å². The number of aliphatic hydroxyl groups is 1. The van der Waals surface area contributed by atoms with E-state index in [1.807, 2.05) is 0 Å². The molecular weight excluding hydrogens is 276 g/mol. The Morgan fingerprint density at radius 3 is 2.79 bits per heavy atom. The van der Waals surface area contributed by atoms with E-state index in [2.05, 4.69) is 10.1 Å². The molecule has 1 aromatic carbocycles. The van der Waals surface area contributed by atoms with Gasteiger partial charge in [-0.1, -0.05) is 11.6 Å². The van der Waals surface area contributed by atoms with Crippen LogP contribution in [0.25, 0.3) is 0 Å². The molecule has 2 N–H and O–H groups in total. The van der Waals surface area contributed by atoms with E-state index in [0.717, 1.165) is 7.11 Å². The van der Waals surface area contributed by atoms with Crippen LogP contribution in [-0.4, -0.2) is 35.3 Å². The Labute approximate surface area is 114 Å². The minimum atomic E-state index is -1.79. The summed E-state index contributed by atoms with van der Waals surface area (Å²) in [7, 11) is 1.14. The lowest BCUT2D eigenvalue weighted by atomic mass is 10.1. The van der Waals surface area contributed by atoms with Crippen molar-refractivity contribution in [3.05, 3.63) is 33.3 Å². The molecule has 0 spiro atoms. The lowest BCUT2D eigenvalue weighted by molar-refractivity contribution is -0.384. The van der Waals surface area contributed by atoms with Crippen LogP contribution in [0.5, 0.6) is 0 Å². The molecule has 0 saturated carbocycles. The number of hydrogen-bond acceptors (Lipinski definition) is 6. The Kier molecular flexibility index (Phi) is 4.68. The summed E-state index contributed by atoms with van der Waals surface area (Å²) in [6, 6.07) is 4.04. The maximum absolute atomic E-state index is 11.3. The summed E-state index contributed by atoms with van der Waals surface area (Å²) in [4.78, 5) is 21.5. The molecule has 104 valence electrons. The van der Waals surface area contributed by atoms with Gasteiger partial charge in [0.25, 0.3) is 5.69 Å². The summed E-state index contributed by atoms with van der Waals surface area (Å²) < 4.78 is 4.42. The number of nitro groups is 1. The zero-order valence-electron chi connectivity index (χ0n) is 10.3. The number of benzene rings is 1. The van der Waals surface area contributed by atoms with Gasteiger partial charge in [0.2, 0.25) is 0 Å². The molecule has 1 aromatic rings. The fourth-order valence-corrected chi connectivity index (χ4v) is 1.53. The normalized spacial score (nSPS) is 13.5. The summed E-state index contributed by atoms with van der Waals surface area (Å²) in [5, 5.41) is 23.5. The molecule has 1 rings (SSSR count). The minimum absolute atomic E-state index is 0.151. The molecule has 0 heterocycles. The zero-order chi connectivity index (χ0) is 14.6. The van der Waals surface area contributed by atoms with E-state index < -0.39 is 16.5 Å². The van der Waals surface area contributed by atoms with Crippen LogP contribution in [0.15, 0.2) is 18.2 Å². The van der Waals surface area contributed by atoms with Gasteiger partial charge in [0.15, 0.2) is 5.60 Å². The number of carbonyl (C=O) groups is 1. The summed E-state index contributed by atoms with van der Waals surface area (Å²) in [6.07, 6.45) is 0. The van der Waals surface area contributed by atoms with Crippen LogP contribution in [0.3, 0.4) is 0 Å². The largest absolute Gasteiger partial charge is 0.467 e. The first-order chi connectivity index (χ1) is 8.77. The van der Waals surface area contributed by atoms with Crippen LogP contribution < -0.4 is 5.32 Å². The topological polar surface area (TPSA) is 102 Å². The first kappa shape index (κ1) is 15.2. The van der Waals surface area contributed by atoms with Gasteiger partial charge in [-0.2, -0.15) is 0 Å². The van der Waals surface area contributed by atoms with Crippen LogP contribution >= 0.6 is 11.6 Å². The standard InChI is InChI=1S/C11H13ClN2O5/c1-11(16,10(15)19-2)6-13-8-4-3-7(12)5-9(8)14(17)18/h3-5,13,16H,6H2,1-2H3/t11-/m1/s1. The SMILES string of the molecule is COC(=O)[C@](C)(O)CNc1ccc(Cl)cc1[N+](=O)[O-]. The summed E-state index contributed by atoms with van der Waals surface area (Å²) in [5.74, 6) is -0.836. The van der Waals surface area contributed by atoms with Gasteiger partial charge in [0.1, 0.15) is 5.69 Å². The van der Waals surface area contributed by atoms with Crippen molar-refractivity contribution in [1.82, 2.24) is 0 Å². The highest BCUT2D eigenvalue weighted by Crippen LogP contribution is 2.28. The summed E-state index contributed by atoms with van der Waals surface area (Å²) >= 11 is 5.67. The lowest BCUT2D eigenvalue weighted by Crippen LogP contribution is -2.42. The third-order valence-electron chi connectivity index (χ3n) is 2.40. The average molecular weight is 289 g/mol. The second-order valence-electron chi connectivity index (χ2n) is 4.04. The predicted octanol–water partition coefficient (Wildman–Crippen LogP) is 1.58. The molecular formula is C11H13ClN2O5. The molecule has 0 saturated heterocycles. The monoisotopic (exact) mass is 288 g/mol. The van der Waals surface area contributed by atoms with Gasteiger partial charge in [-0.15, -0.1) is 0 Å². The fourth-order valence-electron chi connectivity index (χ4n) is 1.36. The highest BCUT2D eigenvalue weighted by molar-refractivity contribution is 6.30. The van der Waals surface area contributed by atoms with Crippen LogP contribution in [-0.2, 0) is 9.53 Å². The number of ether oxygens (including phenoxy) is 1. The molecule has 0 amide bonds. The molecule has 7 nitrogen and oxygen atoms in total. The molecule has 0 unspecified atom stereocenters. The van der Waals surface area contributed by atoms with Gasteiger partial charge in [0.05, 0.1) is 18.6 Å². The van der Waals surface area contributed by atoms with Crippen molar-refractivity contribution in [3.63, 3.8) is 0 Å². The number of esters is 1. The molecule has 0 aliphatic heterocycles. The van der Waals surface area contributed by atoms with E-state index in [9.17, 15) is 20.0 Å². The number of anilines is 1.